The largest absolute Gasteiger partial charge is 0.466 e. The fraction of sp³-hybridized carbons (Fsp3) is 0.812. The number of hydrogen-bond acceptors (Lipinski definition) is 2. The van der Waals surface area contributed by atoms with Crippen LogP contribution in [0.15, 0.2) is 0 Å². The quantitative estimate of drug-likeness (QED) is 0.224. The summed E-state index contributed by atoms with van der Waals surface area (Å²) in [5.41, 5.74) is 0. The first-order valence-electron chi connectivity index (χ1n) is 7.34. The number of carbonyl (C=O) groups excluding carboxylic acids is 1. The molecule has 0 bridgehead atoms. The zero-order valence-corrected chi connectivity index (χ0v) is 19.3. The molecule has 1 radical (unpaired) electrons. The van der Waals surface area contributed by atoms with E-state index in [1.165, 1.54) is 0 Å². The van der Waals surface area contributed by atoms with Gasteiger partial charge in [0, 0.05) is 60.2 Å². The molecule has 0 N–H and O–H groups in total. The van der Waals surface area contributed by atoms with Gasteiger partial charge >= 0.3 is 5.97 Å². The molecule has 0 rings (SSSR count). The second kappa shape index (κ2) is 18.3. The third-order valence-corrected chi connectivity index (χ3v) is 3.11. The van der Waals surface area contributed by atoms with Crippen LogP contribution in [0.5, 0.6) is 0 Å². The van der Waals surface area contributed by atoms with Gasteiger partial charge in [-0.2, -0.15) is 25.2 Å². The van der Waals surface area contributed by atoms with Crippen molar-refractivity contribution in [1.29, 1.82) is 0 Å². The van der Waals surface area contributed by atoms with Crippen molar-refractivity contribution in [3.8, 4) is 0 Å². The van der Waals surface area contributed by atoms with E-state index in [1.54, 1.807) is 0 Å². The first-order valence-corrected chi connectivity index (χ1v) is 7.34. The van der Waals surface area contributed by atoms with Crippen LogP contribution in [0.1, 0.15) is 66.2 Å². The summed E-state index contributed by atoms with van der Waals surface area (Å²) in [6, 6.07) is 0. The van der Waals surface area contributed by atoms with Gasteiger partial charge in [0.05, 0.1) is 6.61 Å². The Kier molecular flexibility index (Phi) is 24.0. The predicted octanol–water partition coefficient (Wildman–Crippen LogP) is 4.59. The maximum atomic E-state index is 11.4. The van der Waals surface area contributed by atoms with Gasteiger partial charge in [0.1, 0.15) is 0 Å². The Bertz CT molecular complexity index is 211. The predicted molar refractivity (Wildman–Crippen MR) is 76.9 cm³/mol. The molecule has 4 heteroatoms. The van der Waals surface area contributed by atoms with E-state index in [-0.39, 0.29) is 59.7 Å². The molecule has 0 spiro atoms. The molecule has 2 nitrogen and oxygen atoms in total. The van der Waals surface area contributed by atoms with Crippen molar-refractivity contribution in [1.82, 2.24) is 0 Å². The van der Waals surface area contributed by atoms with Crippen LogP contribution in [-0.2, 0) is 63.3 Å². The Morgan fingerprint density at radius 3 is 2.35 bits per heavy atom. The van der Waals surface area contributed by atoms with Gasteiger partial charge in [-0.15, -0.1) is 0 Å². The van der Waals surface area contributed by atoms with E-state index in [9.17, 15) is 4.79 Å². The number of esters is 1. The minimum absolute atomic E-state index is 0. The summed E-state index contributed by atoms with van der Waals surface area (Å²) < 4.78 is 5.20. The van der Waals surface area contributed by atoms with Crippen molar-refractivity contribution in [2.24, 2.45) is 11.8 Å². The van der Waals surface area contributed by atoms with Gasteiger partial charge in [-0.1, -0.05) is 33.6 Å². The fourth-order valence-corrected chi connectivity index (χ4v) is 1.69. The normalized spacial score (nSPS) is 11.4. The molecule has 0 aromatic carbocycles. The van der Waals surface area contributed by atoms with Crippen molar-refractivity contribution >= 4 is 5.97 Å². The molecule has 0 aliphatic carbocycles. The third-order valence-electron chi connectivity index (χ3n) is 3.11. The van der Waals surface area contributed by atoms with E-state index in [0.29, 0.717) is 24.9 Å². The van der Waals surface area contributed by atoms with Gasteiger partial charge in [0.25, 0.3) is 0 Å². The zero-order valence-electron chi connectivity index (χ0n) is 13.6. The summed E-state index contributed by atoms with van der Waals surface area (Å²) in [5, 5.41) is 0. The van der Waals surface area contributed by atoms with Gasteiger partial charge in [-0.25, -0.2) is 0 Å². The fourth-order valence-electron chi connectivity index (χ4n) is 1.69. The Morgan fingerprint density at radius 2 is 1.80 bits per heavy atom. The van der Waals surface area contributed by atoms with Crippen molar-refractivity contribution in [2.75, 3.05) is 6.61 Å². The van der Waals surface area contributed by atoms with Crippen molar-refractivity contribution in [3.05, 3.63) is 12.8 Å². The van der Waals surface area contributed by atoms with Gasteiger partial charge in [-0.05, 0) is 12.8 Å². The van der Waals surface area contributed by atoms with Crippen LogP contribution >= 0.6 is 0 Å². The summed E-state index contributed by atoms with van der Waals surface area (Å²) >= 11 is 0. The van der Waals surface area contributed by atoms with Gasteiger partial charge in [-0.3, -0.25) is 4.79 Å². The molecular weight excluding hydrogens is 497 g/mol. The van der Waals surface area contributed by atoms with Crippen LogP contribution in [0.4, 0.5) is 0 Å². The SMILES string of the molecule is C[CH-]C(C)CCCC(=O)OCCCC[CH-]C(C)C.[W].[Y]. The number of hydrogen-bond donors (Lipinski definition) is 0. The maximum Gasteiger partial charge on any atom is 0.305 e. The number of ether oxygens (including phenoxy) is 1. The minimum Gasteiger partial charge on any atom is -0.466 e. The second-order valence-electron chi connectivity index (χ2n) is 5.40. The van der Waals surface area contributed by atoms with E-state index in [1.807, 2.05) is 0 Å². The molecule has 0 saturated carbocycles. The molecule has 117 valence electrons. The molecule has 0 heterocycles. The molecule has 1 unspecified atom stereocenters. The summed E-state index contributed by atoms with van der Waals surface area (Å²) in [7, 11) is 0. The second-order valence-corrected chi connectivity index (χ2v) is 5.40. The smallest absolute Gasteiger partial charge is 0.305 e. The molecular formula is C16H30O2WY-2. The summed E-state index contributed by atoms with van der Waals surface area (Å²) in [4.78, 5) is 11.4. The Labute approximate surface area is 165 Å². The van der Waals surface area contributed by atoms with Crippen molar-refractivity contribution in [2.45, 2.75) is 66.2 Å². The summed E-state index contributed by atoms with van der Waals surface area (Å²) in [6.07, 6.45) is 10.3. The van der Waals surface area contributed by atoms with E-state index >= 15 is 0 Å². The maximum absolute atomic E-state index is 11.4. The van der Waals surface area contributed by atoms with Gasteiger partial charge in [0.15, 0.2) is 0 Å². The molecule has 0 amide bonds. The van der Waals surface area contributed by atoms with Gasteiger partial charge < -0.3 is 17.6 Å². The van der Waals surface area contributed by atoms with Crippen molar-refractivity contribution < 1.29 is 63.3 Å². The standard InChI is InChI=1S/C16H30O2.W.Y/c1-5-15(4)11-9-12-16(17)18-13-8-6-7-10-14(2)3;;/h5,10,14-15H,6-9,11-13H2,1-4H3;;/q-2;;. The van der Waals surface area contributed by atoms with Crippen LogP contribution in [0.3, 0.4) is 0 Å². The molecule has 0 fully saturated rings. The average molecular weight is 527 g/mol. The molecule has 20 heavy (non-hydrogen) atoms. The van der Waals surface area contributed by atoms with E-state index < -0.39 is 0 Å². The van der Waals surface area contributed by atoms with Crippen LogP contribution in [0.2, 0.25) is 0 Å². The van der Waals surface area contributed by atoms with Crippen molar-refractivity contribution in [3.63, 3.8) is 0 Å². The summed E-state index contributed by atoms with van der Waals surface area (Å²) in [5.74, 6) is 1.22. The Morgan fingerprint density at radius 1 is 1.15 bits per heavy atom. The average Bonchev–Trinajstić information content (AvgIpc) is 2.33. The van der Waals surface area contributed by atoms with Crippen LogP contribution in [0, 0.1) is 24.7 Å². The molecule has 0 aromatic rings. The first kappa shape index (κ1) is 26.2. The molecule has 0 saturated heterocycles. The molecule has 0 aliphatic heterocycles. The zero-order chi connectivity index (χ0) is 13.8. The van der Waals surface area contributed by atoms with Crippen LogP contribution < -0.4 is 0 Å². The molecule has 0 aliphatic rings. The minimum atomic E-state index is -0.0360. The van der Waals surface area contributed by atoms with Crippen LogP contribution in [0.25, 0.3) is 0 Å². The Balaban J connectivity index is -0.00000144. The number of carbonyl (C=O) groups is 1. The van der Waals surface area contributed by atoms with Crippen LogP contribution in [-0.4, -0.2) is 12.6 Å². The summed E-state index contributed by atoms with van der Waals surface area (Å²) in [6.45, 7) is 9.21. The monoisotopic (exact) mass is 527 g/mol. The molecule has 1 atom stereocenters. The number of rotatable bonds is 11. The van der Waals surface area contributed by atoms with E-state index in [2.05, 4.69) is 40.5 Å². The van der Waals surface area contributed by atoms with E-state index in [4.69, 9.17) is 4.74 Å². The van der Waals surface area contributed by atoms with Gasteiger partial charge in [0.2, 0.25) is 0 Å². The van der Waals surface area contributed by atoms with E-state index in [0.717, 1.165) is 32.1 Å². The molecule has 0 aromatic heterocycles. The Hall–Kier alpha value is 1.26. The first-order chi connectivity index (χ1) is 8.56. The topological polar surface area (TPSA) is 26.3 Å². The third kappa shape index (κ3) is 19.3. The number of unbranched alkanes of at least 4 members (excludes halogenated alkanes) is 2.